The number of hydrogen-bond donors (Lipinski definition) is 2. The van der Waals surface area contributed by atoms with E-state index in [4.69, 9.17) is 21.9 Å². The molecule has 6 nitrogen and oxygen atoms in total. The van der Waals surface area contributed by atoms with Crippen LogP contribution in [0.15, 0.2) is 24.3 Å². The molecule has 3 heterocycles. The molecule has 2 aliphatic rings. The lowest BCUT2D eigenvalue weighted by molar-refractivity contribution is 0.122. The molecule has 0 aliphatic carbocycles. The van der Waals surface area contributed by atoms with Crippen LogP contribution in [0.1, 0.15) is 44.6 Å². The van der Waals surface area contributed by atoms with E-state index in [-0.39, 0.29) is 0 Å². The highest BCUT2D eigenvalue weighted by atomic mass is 32.1. The van der Waals surface area contributed by atoms with E-state index in [1.54, 1.807) is 0 Å². The number of aryl methyl sites for hydroxylation is 1. The van der Waals surface area contributed by atoms with Crippen LogP contribution in [0.3, 0.4) is 0 Å². The van der Waals surface area contributed by atoms with Gasteiger partial charge in [0.15, 0.2) is 5.11 Å². The van der Waals surface area contributed by atoms with Gasteiger partial charge in [-0.1, -0.05) is 13.3 Å². The van der Waals surface area contributed by atoms with E-state index in [1.165, 1.54) is 37.8 Å². The Kier molecular flexibility index (Phi) is 8.16. The number of anilines is 2. The molecule has 32 heavy (non-hydrogen) atoms. The summed E-state index contributed by atoms with van der Waals surface area (Å²) in [5.41, 5.74) is 3.25. The summed E-state index contributed by atoms with van der Waals surface area (Å²) >= 11 is 5.54. The van der Waals surface area contributed by atoms with Gasteiger partial charge in [-0.15, -0.1) is 0 Å². The number of piperidine rings is 1. The molecule has 0 unspecified atom stereocenters. The number of nitrogens with one attached hydrogen (secondary N) is 2. The molecule has 0 spiro atoms. The Labute approximate surface area is 197 Å². The van der Waals surface area contributed by atoms with Crippen molar-refractivity contribution in [2.45, 2.75) is 52.0 Å². The van der Waals surface area contributed by atoms with Gasteiger partial charge in [-0.25, -0.2) is 4.98 Å². The van der Waals surface area contributed by atoms with Crippen LogP contribution < -0.4 is 15.5 Å². The summed E-state index contributed by atoms with van der Waals surface area (Å²) in [6, 6.07) is 9.24. The Morgan fingerprint density at radius 2 is 2.03 bits per heavy atom. The third-order valence-electron chi connectivity index (χ3n) is 6.72. The molecule has 7 heteroatoms. The second-order valence-electron chi connectivity index (χ2n) is 8.96. The van der Waals surface area contributed by atoms with E-state index in [1.807, 2.05) is 0 Å². The average Bonchev–Trinajstić information content (AvgIpc) is 2.83. The van der Waals surface area contributed by atoms with Crippen molar-refractivity contribution >= 4 is 39.7 Å². The van der Waals surface area contributed by atoms with Crippen LogP contribution in [0.2, 0.25) is 0 Å². The van der Waals surface area contributed by atoms with Crippen LogP contribution in [-0.2, 0) is 4.74 Å². The molecule has 0 saturated carbocycles. The van der Waals surface area contributed by atoms with Crippen molar-refractivity contribution in [2.75, 3.05) is 56.2 Å². The van der Waals surface area contributed by atoms with Crippen molar-refractivity contribution in [3.8, 4) is 0 Å². The molecule has 1 aromatic carbocycles. The van der Waals surface area contributed by atoms with Crippen molar-refractivity contribution in [2.24, 2.45) is 0 Å². The summed E-state index contributed by atoms with van der Waals surface area (Å²) in [6.07, 6.45) is 6.46. The number of morpholine rings is 1. The number of benzene rings is 1. The summed E-state index contributed by atoms with van der Waals surface area (Å²) < 4.78 is 5.47. The number of rotatable bonds is 7. The number of likely N-dealkylation sites (tertiary alicyclic amines) is 1. The highest BCUT2D eigenvalue weighted by molar-refractivity contribution is 7.80. The van der Waals surface area contributed by atoms with Gasteiger partial charge < -0.3 is 25.2 Å². The SMILES string of the molecule is CC[C@@H]1CCCCN1CCCNC(=S)Nc1ccc2nc(N3CCOCC3)cc(C)c2c1. The summed E-state index contributed by atoms with van der Waals surface area (Å²) in [6.45, 7) is 11.1. The first kappa shape index (κ1) is 23.2. The average molecular weight is 456 g/mol. The molecule has 2 aliphatic heterocycles. The standard InChI is InChI=1S/C25H37N5OS/c1-3-21-7-4-5-11-29(21)12-6-10-26-25(32)27-20-8-9-23-22(18-20)19(2)17-24(28-23)30-13-15-31-16-14-30/h8-9,17-18,21H,3-7,10-16H2,1-2H3,(H2,26,27,32)/t21-/m1/s1. The van der Waals surface area contributed by atoms with Crippen LogP contribution in [0.5, 0.6) is 0 Å². The maximum Gasteiger partial charge on any atom is 0.170 e. The molecule has 0 bridgehead atoms. The van der Waals surface area contributed by atoms with Gasteiger partial charge in [0, 0.05) is 43.3 Å². The van der Waals surface area contributed by atoms with E-state index in [0.29, 0.717) is 5.11 Å². The fraction of sp³-hybridized carbons (Fsp3) is 0.600. The highest BCUT2D eigenvalue weighted by Gasteiger charge is 2.19. The lowest BCUT2D eigenvalue weighted by Gasteiger charge is -2.35. The number of fused-ring (bicyclic) bond motifs is 1. The van der Waals surface area contributed by atoms with E-state index < -0.39 is 0 Å². The molecular weight excluding hydrogens is 418 g/mol. The van der Waals surface area contributed by atoms with Crippen LogP contribution >= 0.6 is 12.2 Å². The minimum absolute atomic E-state index is 0.686. The quantitative estimate of drug-likeness (QED) is 0.476. The minimum Gasteiger partial charge on any atom is -0.378 e. The zero-order valence-corrected chi connectivity index (χ0v) is 20.3. The number of pyridine rings is 1. The molecule has 0 radical (unpaired) electrons. The normalized spacial score (nSPS) is 19.8. The van der Waals surface area contributed by atoms with Crippen molar-refractivity contribution < 1.29 is 4.74 Å². The number of hydrogen-bond acceptors (Lipinski definition) is 5. The maximum absolute atomic E-state index is 5.54. The third kappa shape index (κ3) is 5.88. The Hall–Kier alpha value is -1.96. The summed E-state index contributed by atoms with van der Waals surface area (Å²) in [5.74, 6) is 1.04. The Morgan fingerprint density at radius 1 is 1.19 bits per heavy atom. The lowest BCUT2D eigenvalue weighted by atomic mass is 10.00. The van der Waals surface area contributed by atoms with Gasteiger partial charge in [-0.3, -0.25) is 0 Å². The van der Waals surface area contributed by atoms with E-state index >= 15 is 0 Å². The Bertz CT molecular complexity index is 915. The van der Waals surface area contributed by atoms with Crippen LogP contribution in [0.4, 0.5) is 11.5 Å². The van der Waals surface area contributed by atoms with Crippen molar-refractivity contribution in [1.29, 1.82) is 0 Å². The smallest absolute Gasteiger partial charge is 0.170 e. The first-order valence-electron chi connectivity index (χ1n) is 12.2. The Balaban J connectivity index is 1.29. The summed E-state index contributed by atoms with van der Waals surface area (Å²) in [7, 11) is 0. The summed E-state index contributed by atoms with van der Waals surface area (Å²) in [5, 5.41) is 8.57. The van der Waals surface area contributed by atoms with Crippen molar-refractivity contribution in [1.82, 2.24) is 15.2 Å². The van der Waals surface area contributed by atoms with Gasteiger partial charge in [-0.05, 0) is 81.2 Å². The minimum atomic E-state index is 0.686. The van der Waals surface area contributed by atoms with Crippen molar-refractivity contribution in [3.05, 3.63) is 29.8 Å². The first-order valence-corrected chi connectivity index (χ1v) is 12.6. The highest BCUT2D eigenvalue weighted by Crippen LogP contribution is 2.26. The molecule has 2 fully saturated rings. The van der Waals surface area contributed by atoms with Crippen LogP contribution in [0.25, 0.3) is 10.9 Å². The fourth-order valence-corrected chi connectivity index (χ4v) is 5.10. The number of aromatic nitrogens is 1. The van der Waals surface area contributed by atoms with Gasteiger partial charge in [0.1, 0.15) is 5.82 Å². The third-order valence-corrected chi connectivity index (χ3v) is 6.97. The van der Waals surface area contributed by atoms with Gasteiger partial charge in [-0.2, -0.15) is 0 Å². The van der Waals surface area contributed by atoms with Crippen molar-refractivity contribution in [3.63, 3.8) is 0 Å². The van der Waals surface area contributed by atoms with Gasteiger partial charge in [0.2, 0.25) is 0 Å². The molecular formula is C25H37N5OS. The predicted molar refractivity (Wildman–Crippen MR) is 138 cm³/mol. The Morgan fingerprint density at radius 3 is 2.84 bits per heavy atom. The van der Waals surface area contributed by atoms with Gasteiger partial charge >= 0.3 is 0 Å². The molecule has 1 aromatic heterocycles. The molecule has 174 valence electrons. The molecule has 1 atom stereocenters. The fourth-order valence-electron chi connectivity index (χ4n) is 4.88. The van der Waals surface area contributed by atoms with E-state index in [0.717, 1.165) is 74.3 Å². The molecule has 2 saturated heterocycles. The molecule has 2 aromatic rings. The number of nitrogens with zero attached hydrogens (tertiary/aromatic N) is 3. The number of ether oxygens (including phenoxy) is 1. The van der Waals surface area contributed by atoms with Gasteiger partial charge in [0.05, 0.1) is 18.7 Å². The summed E-state index contributed by atoms with van der Waals surface area (Å²) in [4.78, 5) is 9.85. The molecule has 4 rings (SSSR count). The second kappa shape index (κ2) is 11.3. The second-order valence-corrected chi connectivity index (χ2v) is 9.37. The lowest BCUT2D eigenvalue weighted by Crippen LogP contribution is -2.40. The van der Waals surface area contributed by atoms with Gasteiger partial charge in [0.25, 0.3) is 0 Å². The largest absolute Gasteiger partial charge is 0.378 e. The van der Waals surface area contributed by atoms with E-state index in [9.17, 15) is 0 Å². The predicted octanol–water partition coefficient (Wildman–Crippen LogP) is 4.32. The topological polar surface area (TPSA) is 52.7 Å². The first-order chi connectivity index (χ1) is 15.6. The number of thiocarbonyl (C=S) groups is 1. The molecule has 0 amide bonds. The zero-order valence-electron chi connectivity index (χ0n) is 19.5. The monoisotopic (exact) mass is 455 g/mol. The zero-order chi connectivity index (χ0) is 22.3. The maximum atomic E-state index is 5.54. The van der Waals surface area contributed by atoms with Crippen LogP contribution in [0, 0.1) is 6.92 Å². The molecule has 2 N–H and O–H groups in total. The van der Waals surface area contributed by atoms with Crippen LogP contribution in [-0.4, -0.2) is 67.0 Å². The van der Waals surface area contributed by atoms with E-state index in [2.05, 4.69) is 58.5 Å².